The first-order chi connectivity index (χ1) is 10.5. The van der Waals surface area contributed by atoms with Crippen molar-refractivity contribution in [3.63, 3.8) is 0 Å². The topological polar surface area (TPSA) is 66.9 Å². The zero-order valence-corrected chi connectivity index (χ0v) is 13.7. The van der Waals surface area contributed by atoms with Crippen LogP contribution in [0, 0.1) is 5.92 Å². The summed E-state index contributed by atoms with van der Waals surface area (Å²) in [6.07, 6.45) is 1.50. The van der Waals surface area contributed by atoms with Gasteiger partial charge in [0.15, 0.2) is 0 Å². The lowest BCUT2D eigenvalue weighted by Gasteiger charge is -2.10. The molecule has 0 aliphatic rings. The summed E-state index contributed by atoms with van der Waals surface area (Å²) in [5.74, 6) is 0.377. The van der Waals surface area contributed by atoms with Crippen molar-refractivity contribution < 1.29 is 4.79 Å². The molecule has 0 unspecified atom stereocenters. The van der Waals surface area contributed by atoms with Gasteiger partial charge in [0.05, 0.1) is 15.7 Å². The van der Waals surface area contributed by atoms with Gasteiger partial charge in [0, 0.05) is 12.7 Å². The molecule has 0 saturated carbocycles. The van der Waals surface area contributed by atoms with Crippen molar-refractivity contribution in [1.29, 1.82) is 0 Å². The third kappa shape index (κ3) is 4.32. The molecule has 5 nitrogen and oxygen atoms in total. The van der Waals surface area contributed by atoms with E-state index >= 15 is 0 Å². The van der Waals surface area contributed by atoms with Gasteiger partial charge in [-0.3, -0.25) is 4.79 Å². The Morgan fingerprint density at radius 1 is 1.23 bits per heavy atom. The van der Waals surface area contributed by atoms with Gasteiger partial charge in [0.2, 0.25) is 5.95 Å². The summed E-state index contributed by atoms with van der Waals surface area (Å²) in [5, 5.41) is 6.64. The molecule has 2 aromatic rings. The summed E-state index contributed by atoms with van der Waals surface area (Å²) in [6, 6.07) is 6.70. The number of halogens is 2. The normalized spacial score (nSPS) is 10.6. The third-order valence-corrected chi connectivity index (χ3v) is 3.39. The van der Waals surface area contributed by atoms with E-state index in [1.807, 2.05) is 13.8 Å². The summed E-state index contributed by atoms with van der Waals surface area (Å²) in [6.45, 7) is 4.63. The average Bonchev–Trinajstić information content (AvgIpc) is 2.49. The fraction of sp³-hybridized carbons (Fsp3) is 0.267. The summed E-state index contributed by atoms with van der Waals surface area (Å²) in [5.41, 5.74) is 0.784. The van der Waals surface area contributed by atoms with Gasteiger partial charge in [0.1, 0.15) is 5.69 Å². The minimum absolute atomic E-state index is 0.246. The van der Waals surface area contributed by atoms with Crippen LogP contribution in [0.25, 0.3) is 0 Å². The predicted molar refractivity (Wildman–Crippen MR) is 88.9 cm³/mol. The third-order valence-electron chi connectivity index (χ3n) is 2.76. The molecular weight excluding hydrogens is 323 g/mol. The molecule has 22 heavy (non-hydrogen) atoms. The van der Waals surface area contributed by atoms with Gasteiger partial charge in [-0.25, -0.2) is 9.97 Å². The Morgan fingerprint density at radius 2 is 1.91 bits per heavy atom. The quantitative estimate of drug-likeness (QED) is 0.867. The minimum Gasteiger partial charge on any atom is -0.350 e. The lowest BCUT2D eigenvalue weighted by molar-refractivity contribution is 0.0944. The molecule has 1 aromatic carbocycles. The number of hydrogen-bond acceptors (Lipinski definition) is 4. The average molecular weight is 339 g/mol. The Hall–Kier alpha value is -1.85. The summed E-state index contributed by atoms with van der Waals surface area (Å²) in [4.78, 5) is 20.3. The van der Waals surface area contributed by atoms with E-state index < -0.39 is 0 Å². The molecule has 0 aliphatic heterocycles. The van der Waals surface area contributed by atoms with Crippen LogP contribution in [0.1, 0.15) is 24.3 Å². The SMILES string of the molecule is CC(C)CNC(=O)c1ccnc(Nc2c(Cl)cccc2Cl)n1. The number of benzene rings is 1. The Kier molecular flexibility index (Phi) is 5.57. The number of aromatic nitrogens is 2. The molecule has 0 radical (unpaired) electrons. The molecule has 1 aromatic heterocycles. The second-order valence-corrected chi connectivity index (χ2v) is 5.91. The van der Waals surface area contributed by atoms with Crippen LogP contribution >= 0.6 is 23.2 Å². The largest absolute Gasteiger partial charge is 0.350 e. The lowest BCUT2D eigenvalue weighted by atomic mass is 10.2. The highest BCUT2D eigenvalue weighted by atomic mass is 35.5. The Bertz CT molecular complexity index is 656. The van der Waals surface area contributed by atoms with Gasteiger partial charge < -0.3 is 10.6 Å². The number of amides is 1. The van der Waals surface area contributed by atoms with Crippen LogP contribution in [-0.4, -0.2) is 22.4 Å². The van der Waals surface area contributed by atoms with E-state index in [1.165, 1.54) is 6.20 Å². The fourth-order valence-electron chi connectivity index (χ4n) is 1.66. The molecule has 0 spiro atoms. The van der Waals surface area contributed by atoms with Crippen LogP contribution in [0.3, 0.4) is 0 Å². The van der Waals surface area contributed by atoms with Crippen molar-refractivity contribution in [3.05, 3.63) is 46.2 Å². The van der Waals surface area contributed by atoms with Crippen LogP contribution in [0.15, 0.2) is 30.5 Å². The fourth-order valence-corrected chi connectivity index (χ4v) is 2.15. The molecule has 1 heterocycles. The molecule has 0 atom stereocenters. The number of carbonyl (C=O) groups excluding carboxylic acids is 1. The molecule has 0 saturated heterocycles. The number of nitrogens with zero attached hydrogens (tertiary/aromatic N) is 2. The maximum Gasteiger partial charge on any atom is 0.270 e. The first-order valence-corrected chi connectivity index (χ1v) is 7.55. The highest BCUT2D eigenvalue weighted by molar-refractivity contribution is 6.39. The van der Waals surface area contributed by atoms with Gasteiger partial charge >= 0.3 is 0 Å². The van der Waals surface area contributed by atoms with E-state index in [9.17, 15) is 4.79 Å². The van der Waals surface area contributed by atoms with Gasteiger partial charge in [-0.05, 0) is 24.1 Å². The standard InChI is InChI=1S/C15H16Cl2N4O/c1-9(2)8-19-14(22)12-6-7-18-15(20-12)21-13-10(16)4-3-5-11(13)17/h3-7,9H,8H2,1-2H3,(H,19,22)(H,18,20,21). The smallest absolute Gasteiger partial charge is 0.270 e. The zero-order valence-electron chi connectivity index (χ0n) is 12.2. The number of para-hydroxylation sites is 1. The summed E-state index contributed by atoms with van der Waals surface area (Å²) < 4.78 is 0. The Labute approximate surface area is 139 Å². The number of hydrogen-bond donors (Lipinski definition) is 2. The highest BCUT2D eigenvalue weighted by Gasteiger charge is 2.11. The Morgan fingerprint density at radius 3 is 2.55 bits per heavy atom. The number of nitrogens with one attached hydrogen (secondary N) is 2. The molecule has 116 valence electrons. The molecular formula is C15H16Cl2N4O. The number of rotatable bonds is 5. The second-order valence-electron chi connectivity index (χ2n) is 5.09. The molecule has 2 rings (SSSR count). The van der Waals surface area contributed by atoms with Crippen molar-refractivity contribution in [2.24, 2.45) is 5.92 Å². The highest BCUT2D eigenvalue weighted by Crippen LogP contribution is 2.31. The van der Waals surface area contributed by atoms with Crippen molar-refractivity contribution in [3.8, 4) is 0 Å². The van der Waals surface area contributed by atoms with Crippen LogP contribution < -0.4 is 10.6 Å². The van der Waals surface area contributed by atoms with E-state index in [0.717, 1.165) is 0 Å². The van der Waals surface area contributed by atoms with Crippen LogP contribution in [-0.2, 0) is 0 Å². The van der Waals surface area contributed by atoms with Crippen LogP contribution in [0.2, 0.25) is 10.0 Å². The van der Waals surface area contributed by atoms with Gasteiger partial charge in [-0.15, -0.1) is 0 Å². The summed E-state index contributed by atoms with van der Waals surface area (Å²) >= 11 is 12.2. The summed E-state index contributed by atoms with van der Waals surface area (Å²) in [7, 11) is 0. The van der Waals surface area contributed by atoms with E-state index in [2.05, 4.69) is 20.6 Å². The van der Waals surface area contributed by atoms with Crippen molar-refractivity contribution in [2.75, 3.05) is 11.9 Å². The van der Waals surface area contributed by atoms with Gasteiger partial charge in [-0.2, -0.15) is 0 Å². The van der Waals surface area contributed by atoms with Crippen molar-refractivity contribution in [1.82, 2.24) is 15.3 Å². The molecule has 0 bridgehead atoms. The van der Waals surface area contributed by atoms with E-state index in [0.29, 0.717) is 28.2 Å². The van der Waals surface area contributed by atoms with Crippen molar-refractivity contribution >= 4 is 40.7 Å². The molecule has 1 amide bonds. The molecule has 7 heteroatoms. The first-order valence-electron chi connectivity index (χ1n) is 6.79. The molecule has 0 aliphatic carbocycles. The van der Waals surface area contributed by atoms with Crippen LogP contribution in [0.5, 0.6) is 0 Å². The lowest BCUT2D eigenvalue weighted by Crippen LogP contribution is -2.28. The maximum atomic E-state index is 12.0. The second kappa shape index (κ2) is 7.42. The van der Waals surface area contributed by atoms with Gasteiger partial charge in [0.25, 0.3) is 5.91 Å². The maximum absolute atomic E-state index is 12.0. The van der Waals surface area contributed by atoms with E-state index in [-0.39, 0.29) is 17.5 Å². The van der Waals surface area contributed by atoms with Crippen molar-refractivity contribution in [2.45, 2.75) is 13.8 Å². The predicted octanol–water partition coefficient (Wildman–Crippen LogP) is 3.91. The van der Waals surface area contributed by atoms with Crippen LogP contribution in [0.4, 0.5) is 11.6 Å². The number of anilines is 2. The Balaban J connectivity index is 2.17. The number of carbonyl (C=O) groups is 1. The monoisotopic (exact) mass is 338 g/mol. The van der Waals surface area contributed by atoms with E-state index in [4.69, 9.17) is 23.2 Å². The molecule has 2 N–H and O–H groups in total. The first kappa shape index (κ1) is 16.5. The minimum atomic E-state index is -0.246. The van der Waals surface area contributed by atoms with E-state index in [1.54, 1.807) is 24.3 Å². The van der Waals surface area contributed by atoms with Gasteiger partial charge in [-0.1, -0.05) is 43.1 Å². The zero-order chi connectivity index (χ0) is 16.1. The molecule has 0 fully saturated rings.